The van der Waals surface area contributed by atoms with Crippen molar-refractivity contribution >= 4 is 17.6 Å². The normalized spacial score (nSPS) is 14.2. The summed E-state index contributed by atoms with van der Waals surface area (Å²) in [5, 5.41) is 6.05. The average Bonchev–Trinajstić information content (AvgIpc) is 2.80. The molecule has 0 saturated carbocycles. The highest BCUT2D eigenvalue weighted by atomic mass is 16.5. The molecule has 0 unspecified atom stereocenters. The predicted octanol–water partition coefficient (Wildman–Crippen LogP) is 4.39. The summed E-state index contributed by atoms with van der Waals surface area (Å²) in [7, 11) is 1.65. The van der Waals surface area contributed by atoms with Gasteiger partial charge in [0.2, 0.25) is 5.91 Å². The predicted molar refractivity (Wildman–Crippen MR) is 123 cm³/mol. The van der Waals surface area contributed by atoms with E-state index in [0.29, 0.717) is 25.3 Å². The van der Waals surface area contributed by atoms with Crippen molar-refractivity contribution < 1.29 is 14.3 Å². The third kappa shape index (κ3) is 7.02. The van der Waals surface area contributed by atoms with Crippen LogP contribution in [-0.2, 0) is 11.2 Å². The lowest BCUT2D eigenvalue weighted by molar-refractivity contribution is -0.121. The standard InChI is InChI=1S/C25H33N3O3/c1-19-6-3-4-9-23(19)27-25(30)28-16-13-20(14-17-28)12-15-26-24(29)11-10-21-7-5-8-22(18-21)31-2/h3-9,18,20H,10-17H2,1-2H3,(H,26,29)(H,27,30). The van der Waals surface area contributed by atoms with Crippen molar-refractivity contribution in [2.45, 2.75) is 39.0 Å². The number of nitrogens with zero attached hydrogens (tertiary/aromatic N) is 1. The fourth-order valence-corrected chi connectivity index (χ4v) is 3.92. The summed E-state index contributed by atoms with van der Waals surface area (Å²) < 4.78 is 5.22. The number of urea groups is 1. The topological polar surface area (TPSA) is 70.7 Å². The summed E-state index contributed by atoms with van der Waals surface area (Å²) in [4.78, 5) is 26.5. The Hall–Kier alpha value is -3.02. The lowest BCUT2D eigenvalue weighted by Crippen LogP contribution is -2.41. The summed E-state index contributed by atoms with van der Waals surface area (Å²) >= 11 is 0. The molecule has 0 bridgehead atoms. The molecule has 166 valence electrons. The minimum absolute atomic E-state index is 0.0291. The first-order valence-corrected chi connectivity index (χ1v) is 11.1. The van der Waals surface area contributed by atoms with Gasteiger partial charge < -0.3 is 20.3 Å². The highest BCUT2D eigenvalue weighted by Crippen LogP contribution is 2.21. The number of hydrogen-bond donors (Lipinski definition) is 2. The molecule has 2 aromatic rings. The number of para-hydroxylation sites is 1. The van der Waals surface area contributed by atoms with E-state index in [-0.39, 0.29) is 11.9 Å². The van der Waals surface area contributed by atoms with E-state index in [2.05, 4.69) is 10.6 Å². The van der Waals surface area contributed by atoms with Crippen LogP contribution in [0.25, 0.3) is 0 Å². The highest BCUT2D eigenvalue weighted by Gasteiger charge is 2.23. The number of methoxy groups -OCH3 is 1. The zero-order valence-electron chi connectivity index (χ0n) is 18.5. The SMILES string of the molecule is COc1cccc(CCC(=O)NCCC2CCN(C(=O)Nc3ccccc3C)CC2)c1. The molecule has 3 amide bonds. The van der Waals surface area contributed by atoms with E-state index in [4.69, 9.17) is 4.74 Å². The van der Waals surface area contributed by atoms with E-state index in [1.165, 1.54) is 0 Å². The van der Waals surface area contributed by atoms with Crippen LogP contribution in [0.15, 0.2) is 48.5 Å². The smallest absolute Gasteiger partial charge is 0.321 e. The van der Waals surface area contributed by atoms with Gasteiger partial charge in [-0.3, -0.25) is 4.79 Å². The molecule has 1 saturated heterocycles. The second-order valence-corrected chi connectivity index (χ2v) is 8.17. The van der Waals surface area contributed by atoms with Crippen LogP contribution in [0.4, 0.5) is 10.5 Å². The summed E-state index contributed by atoms with van der Waals surface area (Å²) in [6.45, 7) is 4.20. The molecule has 1 aliphatic heterocycles. The van der Waals surface area contributed by atoms with Gasteiger partial charge in [-0.2, -0.15) is 0 Å². The number of carbonyl (C=O) groups is 2. The van der Waals surface area contributed by atoms with E-state index in [0.717, 1.165) is 54.9 Å². The fraction of sp³-hybridized carbons (Fsp3) is 0.440. The van der Waals surface area contributed by atoms with Gasteiger partial charge in [-0.05, 0) is 67.9 Å². The summed E-state index contributed by atoms with van der Waals surface area (Å²) in [5.74, 6) is 1.44. The number of hydrogen-bond acceptors (Lipinski definition) is 3. The zero-order valence-corrected chi connectivity index (χ0v) is 18.5. The van der Waals surface area contributed by atoms with Crippen molar-refractivity contribution in [2.75, 3.05) is 32.1 Å². The van der Waals surface area contributed by atoms with Gasteiger partial charge in [-0.1, -0.05) is 30.3 Å². The lowest BCUT2D eigenvalue weighted by Gasteiger charge is -2.32. The van der Waals surface area contributed by atoms with Crippen LogP contribution in [0, 0.1) is 12.8 Å². The van der Waals surface area contributed by atoms with Crippen LogP contribution in [-0.4, -0.2) is 43.6 Å². The molecule has 1 heterocycles. The van der Waals surface area contributed by atoms with Crippen molar-refractivity contribution in [1.29, 1.82) is 0 Å². The van der Waals surface area contributed by atoms with Gasteiger partial charge in [0.1, 0.15) is 5.75 Å². The van der Waals surface area contributed by atoms with E-state index >= 15 is 0 Å². The van der Waals surface area contributed by atoms with Crippen LogP contribution < -0.4 is 15.4 Å². The molecule has 6 nitrogen and oxygen atoms in total. The van der Waals surface area contributed by atoms with Gasteiger partial charge in [0.05, 0.1) is 7.11 Å². The number of piperidine rings is 1. The van der Waals surface area contributed by atoms with Gasteiger partial charge >= 0.3 is 6.03 Å². The van der Waals surface area contributed by atoms with Crippen molar-refractivity contribution in [3.8, 4) is 5.75 Å². The third-order valence-corrected chi connectivity index (χ3v) is 5.94. The fourth-order valence-electron chi connectivity index (χ4n) is 3.92. The third-order valence-electron chi connectivity index (χ3n) is 5.94. The number of likely N-dealkylation sites (tertiary alicyclic amines) is 1. The van der Waals surface area contributed by atoms with Gasteiger partial charge in [0.15, 0.2) is 0 Å². The number of carbonyl (C=O) groups excluding carboxylic acids is 2. The number of amides is 3. The Balaban J connectivity index is 1.31. The number of nitrogens with one attached hydrogen (secondary N) is 2. The number of anilines is 1. The Bertz CT molecular complexity index is 876. The molecule has 0 aromatic heterocycles. The van der Waals surface area contributed by atoms with Gasteiger partial charge in [0.25, 0.3) is 0 Å². The maximum Gasteiger partial charge on any atom is 0.321 e. The summed E-state index contributed by atoms with van der Waals surface area (Å²) in [6, 6.07) is 15.6. The van der Waals surface area contributed by atoms with E-state index in [9.17, 15) is 9.59 Å². The second kappa shape index (κ2) is 11.4. The molecule has 6 heteroatoms. The number of aryl methyl sites for hydroxylation is 2. The van der Waals surface area contributed by atoms with Gasteiger partial charge in [-0.25, -0.2) is 4.79 Å². The molecule has 31 heavy (non-hydrogen) atoms. The van der Waals surface area contributed by atoms with E-state index < -0.39 is 0 Å². The van der Waals surface area contributed by atoms with E-state index in [1.807, 2.05) is 60.4 Å². The number of ether oxygens (including phenoxy) is 1. The van der Waals surface area contributed by atoms with Crippen molar-refractivity contribution in [1.82, 2.24) is 10.2 Å². The molecule has 0 atom stereocenters. The minimum Gasteiger partial charge on any atom is -0.497 e. The van der Waals surface area contributed by atoms with Crippen LogP contribution in [0.2, 0.25) is 0 Å². The molecule has 1 fully saturated rings. The van der Waals surface area contributed by atoms with Crippen LogP contribution in [0.3, 0.4) is 0 Å². The van der Waals surface area contributed by atoms with Gasteiger partial charge in [0, 0.05) is 31.7 Å². The van der Waals surface area contributed by atoms with Crippen LogP contribution in [0.1, 0.15) is 36.8 Å². The Morgan fingerprint density at radius 3 is 2.61 bits per heavy atom. The van der Waals surface area contributed by atoms with Crippen molar-refractivity contribution in [3.05, 3.63) is 59.7 Å². The first-order chi connectivity index (χ1) is 15.0. The molecular formula is C25H33N3O3. The Labute approximate surface area is 185 Å². The van der Waals surface area contributed by atoms with Crippen molar-refractivity contribution in [3.63, 3.8) is 0 Å². The number of benzene rings is 2. The Kier molecular flexibility index (Phi) is 8.33. The lowest BCUT2D eigenvalue weighted by atomic mass is 9.93. The molecule has 0 spiro atoms. The summed E-state index contributed by atoms with van der Waals surface area (Å²) in [6.07, 6.45) is 4.09. The molecule has 2 N–H and O–H groups in total. The number of rotatable bonds is 8. The molecule has 3 rings (SSSR count). The van der Waals surface area contributed by atoms with Crippen molar-refractivity contribution in [2.24, 2.45) is 5.92 Å². The maximum absolute atomic E-state index is 12.5. The van der Waals surface area contributed by atoms with Crippen LogP contribution >= 0.6 is 0 Å². The highest BCUT2D eigenvalue weighted by molar-refractivity contribution is 5.90. The molecule has 0 radical (unpaired) electrons. The summed E-state index contributed by atoms with van der Waals surface area (Å²) in [5.41, 5.74) is 3.03. The quantitative estimate of drug-likeness (QED) is 0.662. The maximum atomic E-state index is 12.5. The monoisotopic (exact) mass is 423 g/mol. The largest absolute Gasteiger partial charge is 0.497 e. The Morgan fingerprint density at radius 1 is 1.10 bits per heavy atom. The Morgan fingerprint density at radius 2 is 1.87 bits per heavy atom. The molecule has 1 aliphatic rings. The first-order valence-electron chi connectivity index (χ1n) is 11.1. The van der Waals surface area contributed by atoms with Crippen LogP contribution in [0.5, 0.6) is 5.75 Å². The molecule has 0 aliphatic carbocycles. The first kappa shape index (κ1) is 22.7. The zero-order chi connectivity index (χ0) is 22.1. The molecular weight excluding hydrogens is 390 g/mol. The molecule has 2 aromatic carbocycles. The second-order valence-electron chi connectivity index (χ2n) is 8.17. The van der Waals surface area contributed by atoms with Gasteiger partial charge in [-0.15, -0.1) is 0 Å². The van der Waals surface area contributed by atoms with E-state index in [1.54, 1.807) is 7.11 Å². The minimum atomic E-state index is -0.0291. The average molecular weight is 424 g/mol.